The Morgan fingerprint density at radius 2 is 1.86 bits per heavy atom. The summed E-state index contributed by atoms with van der Waals surface area (Å²) in [6, 6.07) is 8.37. The van der Waals surface area contributed by atoms with Crippen LogP contribution in [0.2, 0.25) is 0 Å². The largest absolute Gasteiger partial charge is 0.461 e. The van der Waals surface area contributed by atoms with E-state index in [0.717, 1.165) is 19.4 Å². The van der Waals surface area contributed by atoms with Gasteiger partial charge in [-0.15, -0.1) is 0 Å². The number of hydrogen-bond donors (Lipinski definition) is 2. The van der Waals surface area contributed by atoms with Gasteiger partial charge in [0.05, 0.1) is 0 Å². The Bertz CT molecular complexity index is 494. The number of esters is 1. The van der Waals surface area contributed by atoms with E-state index in [2.05, 4.69) is 28.8 Å². The quantitative estimate of drug-likeness (QED) is 0.761. The Hall–Kier alpha value is -1.39. The van der Waals surface area contributed by atoms with Crippen LogP contribution in [0.4, 0.5) is 0 Å². The van der Waals surface area contributed by atoms with Crippen molar-refractivity contribution in [3.8, 4) is 0 Å². The smallest absolute Gasteiger partial charge is 0.326 e. The van der Waals surface area contributed by atoms with Crippen molar-refractivity contribution in [2.75, 3.05) is 7.05 Å². The third kappa shape index (κ3) is 4.82. The molecule has 0 spiro atoms. The molecule has 0 saturated heterocycles. The molecule has 1 aliphatic carbocycles. The molecule has 0 heterocycles. The lowest BCUT2D eigenvalue weighted by atomic mass is 10.0. The minimum Gasteiger partial charge on any atom is -0.461 e. The monoisotopic (exact) mass is 304 g/mol. The number of nitrogens with one attached hydrogen (secondary N) is 2. The standard InChI is InChI=1S/C18H28N2O2/c1-18(2,17(21)22-16-9-4-5-10-16)20-13-15-8-6-7-14(11-15)12-19-3/h6-8,11,16,19-20H,4-5,9-10,12-13H2,1-3H3. The van der Waals surface area contributed by atoms with Gasteiger partial charge in [-0.1, -0.05) is 24.3 Å². The number of benzene rings is 1. The van der Waals surface area contributed by atoms with Crippen LogP contribution in [0, 0.1) is 0 Å². The minimum absolute atomic E-state index is 0.118. The maximum atomic E-state index is 12.3. The Labute approximate surface area is 133 Å². The molecule has 0 amide bonds. The lowest BCUT2D eigenvalue weighted by Crippen LogP contribution is -2.48. The zero-order chi connectivity index (χ0) is 16.0. The molecule has 1 aromatic rings. The summed E-state index contributed by atoms with van der Waals surface area (Å²) in [7, 11) is 1.94. The zero-order valence-corrected chi connectivity index (χ0v) is 13.9. The van der Waals surface area contributed by atoms with E-state index in [0.29, 0.717) is 6.54 Å². The van der Waals surface area contributed by atoms with Crippen LogP contribution < -0.4 is 10.6 Å². The maximum Gasteiger partial charge on any atom is 0.326 e. The van der Waals surface area contributed by atoms with Crippen LogP contribution in [-0.2, 0) is 22.6 Å². The van der Waals surface area contributed by atoms with E-state index >= 15 is 0 Å². The van der Waals surface area contributed by atoms with E-state index in [-0.39, 0.29) is 12.1 Å². The molecule has 122 valence electrons. The lowest BCUT2D eigenvalue weighted by Gasteiger charge is -2.26. The summed E-state index contributed by atoms with van der Waals surface area (Å²) in [4.78, 5) is 12.3. The van der Waals surface area contributed by atoms with Gasteiger partial charge in [-0.2, -0.15) is 0 Å². The SMILES string of the molecule is CNCc1cccc(CNC(C)(C)C(=O)OC2CCCC2)c1. The first-order valence-electron chi connectivity index (χ1n) is 8.20. The molecule has 4 nitrogen and oxygen atoms in total. The second-order valence-electron chi connectivity index (χ2n) is 6.64. The summed E-state index contributed by atoms with van der Waals surface area (Å²) in [5, 5.41) is 6.47. The predicted molar refractivity (Wildman–Crippen MR) is 88.5 cm³/mol. The van der Waals surface area contributed by atoms with Crippen molar-refractivity contribution in [1.29, 1.82) is 0 Å². The molecule has 1 saturated carbocycles. The lowest BCUT2D eigenvalue weighted by molar-refractivity contribution is -0.155. The second-order valence-corrected chi connectivity index (χ2v) is 6.64. The summed E-state index contributed by atoms with van der Waals surface area (Å²) < 4.78 is 5.62. The first-order chi connectivity index (χ1) is 10.5. The van der Waals surface area contributed by atoms with Crippen LogP contribution in [-0.4, -0.2) is 24.7 Å². The number of carbonyl (C=O) groups is 1. The highest BCUT2D eigenvalue weighted by molar-refractivity contribution is 5.80. The van der Waals surface area contributed by atoms with Crippen LogP contribution in [0.5, 0.6) is 0 Å². The average Bonchev–Trinajstić information content (AvgIpc) is 2.99. The van der Waals surface area contributed by atoms with Crippen molar-refractivity contribution >= 4 is 5.97 Å². The van der Waals surface area contributed by atoms with E-state index in [4.69, 9.17) is 4.74 Å². The van der Waals surface area contributed by atoms with Crippen LogP contribution in [0.15, 0.2) is 24.3 Å². The highest BCUT2D eigenvalue weighted by atomic mass is 16.5. The van der Waals surface area contributed by atoms with Gasteiger partial charge in [0.25, 0.3) is 0 Å². The van der Waals surface area contributed by atoms with Gasteiger partial charge in [0, 0.05) is 13.1 Å². The third-order valence-corrected chi connectivity index (χ3v) is 4.19. The van der Waals surface area contributed by atoms with Crippen molar-refractivity contribution in [2.24, 2.45) is 0 Å². The van der Waals surface area contributed by atoms with Crippen LogP contribution in [0.3, 0.4) is 0 Å². The fraction of sp³-hybridized carbons (Fsp3) is 0.611. The summed E-state index contributed by atoms with van der Waals surface area (Å²) in [5.41, 5.74) is 1.75. The molecule has 22 heavy (non-hydrogen) atoms. The topological polar surface area (TPSA) is 50.4 Å². The van der Waals surface area contributed by atoms with Crippen molar-refractivity contribution in [1.82, 2.24) is 10.6 Å². The highest BCUT2D eigenvalue weighted by Crippen LogP contribution is 2.22. The molecule has 0 bridgehead atoms. The van der Waals surface area contributed by atoms with Crippen molar-refractivity contribution in [3.63, 3.8) is 0 Å². The van der Waals surface area contributed by atoms with Gasteiger partial charge < -0.3 is 10.1 Å². The van der Waals surface area contributed by atoms with E-state index in [1.54, 1.807) is 0 Å². The highest BCUT2D eigenvalue weighted by Gasteiger charge is 2.31. The van der Waals surface area contributed by atoms with Crippen molar-refractivity contribution in [2.45, 2.75) is 64.3 Å². The first kappa shape index (κ1) is 17.0. The first-order valence-corrected chi connectivity index (χ1v) is 8.20. The molecule has 0 atom stereocenters. The van der Waals surface area contributed by atoms with E-state index in [1.807, 2.05) is 27.0 Å². The Morgan fingerprint density at radius 1 is 1.23 bits per heavy atom. The fourth-order valence-electron chi connectivity index (χ4n) is 2.75. The zero-order valence-electron chi connectivity index (χ0n) is 13.9. The number of carbonyl (C=O) groups excluding carboxylic acids is 1. The minimum atomic E-state index is -0.665. The molecular formula is C18H28N2O2. The summed E-state index contributed by atoms with van der Waals surface area (Å²) in [5.74, 6) is -0.147. The number of rotatable bonds is 7. The number of hydrogen-bond acceptors (Lipinski definition) is 4. The molecule has 1 aromatic carbocycles. The van der Waals surface area contributed by atoms with Gasteiger partial charge in [-0.3, -0.25) is 10.1 Å². The molecule has 0 aliphatic heterocycles. The molecule has 1 fully saturated rings. The molecule has 0 aromatic heterocycles. The Balaban J connectivity index is 1.87. The van der Waals surface area contributed by atoms with Gasteiger partial charge in [-0.25, -0.2) is 0 Å². The van der Waals surface area contributed by atoms with Crippen LogP contribution >= 0.6 is 0 Å². The Morgan fingerprint density at radius 3 is 2.50 bits per heavy atom. The molecule has 1 aliphatic rings. The van der Waals surface area contributed by atoms with Gasteiger partial charge in [0.1, 0.15) is 11.6 Å². The summed E-state index contributed by atoms with van der Waals surface area (Å²) in [6.45, 7) is 5.29. The van der Waals surface area contributed by atoms with E-state index in [1.165, 1.54) is 24.0 Å². The molecule has 2 N–H and O–H groups in total. The summed E-state index contributed by atoms with van der Waals surface area (Å²) >= 11 is 0. The van der Waals surface area contributed by atoms with Crippen LogP contribution in [0.25, 0.3) is 0 Å². The summed E-state index contributed by atoms with van der Waals surface area (Å²) in [6.07, 6.45) is 4.48. The van der Waals surface area contributed by atoms with Crippen LogP contribution in [0.1, 0.15) is 50.7 Å². The maximum absolute atomic E-state index is 12.3. The molecular weight excluding hydrogens is 276 g/mol. The molecule has 4 heteroatoms. The van der Waals surface area contributed by atoms with Gasteiger partial charge in [0.2, 0.25) is 0 Å². The third-order valence-electron chi connectivity index (χ3n) is 4.19. The predicted octanol–water partition coefficient (Wildman–Crippen LogP) is 2.76. The molecule has 0 unspecified atom stereocenters. The van der Waals surface area contributed by atoms with Crippen molar-refractivity contribution < 1.29 is 9.53 Å². The fourth-order valence-corrected chi connectivity index (χ4v) is 2.75. The van der Waals surface area contributed by atoms with Crippen molar-refractivity contribution in [3.05, 3.63) is 35.4 Å². The van der Waals surface area contributed by atoms with Gasteiger partial charge >= 0.3 is 5.97 Å². The average molecular weight is 304 g/mol. The van der Waals surface area contributed by atoms with E-state index < -0.39 is 5.54 Å². The van der Waals surface area contributed by atoms with Gasteiger partial charge in [-0.05, 0) is 57.7 Å². The molecule has 2 rings (SSSR count). The normalized spacial score (nSPS) is 16.0. The van der Waals surface area contributed by atoms with E-state index in [9.17, 15) is 4.79 Å². The second kappa shape index (κ2) is 7.75. The number of ether oxygens (including phenoxy) is 1. The Kier molecular flexibility index (Phi) is 5.98. The van der Waals surface area contributed by atoms with Gasteiger partial charge in [0.15, 0.2) is 0 Å². The molecule has 0 radical (unpaired) electrons.